The van der Waals surface area contributed by atoms with Crippen molar-refractivity contribution in [3.05, 3.63) is 32.8 Å². The second-order valence-corrected chi connectivity index (χ2v) is 3.78. The molecule has 0 bridgehead atoms. The number of anilines is 1. The van der Waals surface area contributed by atoms with Gasteiger partial charge >= 0.3 is 0 Å². The summed E-state index contributed by atoms with van der Waals surface area (Å²) in [6, 6.07) is 2.62. The quantitative estimate of drug-likeness (QED) is 0.281. The standard InChI is InChI=1S/C10H9ClN2O2S/c11-8-6-9(12)10(13(14)15)5-7(8)3-1-2-4-16/h5-6,16H,2,4,12H2. The van der Waals surface area contributed by atoms with Crippen LogP contribution < -0.4 is 5.73 Å². The molecule has 0 unspecified atom stereocenters. The molecule has 1 aromatic carbocycles. The lowest BCUT2D eigenvalue weighted by Gasteiger charge is -2.00. The number of thiol groups is 1. The van der Waals surface area contributed by atoms with Crippen LogP contribution >= 0.6 is 24.2 Å². The predicted molar refractivity (Wildman–Crippen MR) is 67.9 cm³/mol. The van der Waals surface area contributed by atoms with Gasteiger partial charge in [0.05, 0.1) is 15.5 Å². The van der Waals surface area contributed by atoms with Crippen molar-refractivity contribution in [2.24, 2.45) is 0 Å². The van der Waals surface area contributed by atoms with Gasteiger partial charge in [-0.1, -0.05) is 23.4 Å². The molecule has 0 fully saturated rings. The highest BCUT2D eigenvalue weighted by atomic mass is 35.5. The number of benzene rings is 1. The Morgan fingerprint density at radius 3 is 2.81 bits per heavy atom. The van der Waals surface area contributed by atoms with Crippen LogP contribution in [0.2, 0.25) is 5.02 Å². The van der Waals surface area contributed by atoms with Gasteiger partial charge in [0.25, 0.3) is 5.69 Å². The van der Waals surface area contributed by atoms with Crippen LogP contribution in [0.4, 0.5) is 11.4 Å². The van der Waals surface area contributed by atoms with Crippen LogP contribution in [0, 0.1) is 22.0 Å². The number of nitro groups is 1. The van der Waals surface area contributed by atoms with Gasteiger partial charge in [-0.3, -0.25) is 10.1 Å². The predicted octanol–water partition coefficient (Wildman–Crippen LogP) is 2.50. The molecule has 0 aliphatic heterocycles. The van der Waals surface area contributed by atoms with E-state index in [0.717, 1.165) is 0 Å². The van der Waals surface area contributed by atoms with Gasteiger partial charge in [0, 0.05) is 18.2 Å². The second kappa shape index (κ2) is 5.64. The van der Waals surface area contributed by atoms with E-state index in [-0.39, 0.29) is 11.4 Å². The Kier molecular flexibility index (Phi) is 4.47. The summed E-state index contributed by atoms with van der Waals surface area (Å²) >= 11 is 9.86. The van der Waals surface area contributed by atoms with Gasteiger partial charge < -0.3 is 5.73 Å². The summed E-state index contributed by atoms with van der Waals surface area (Å²) in [7, 11) is 0. The van der Waals surface area contributed by atoms with Crippen molar-refractivity contribution in [3.63, 3.8) is 0 Å². The molecule has 0 saturated heterocycles. The van der Waals surface area contributed by atoms with Crippen LogP contribution in [0.25, 0.3) is 0 Å². The van der Waals surface area contributed by atoms with Crippen LogP contribution in [-0.4, -0.2) is 10.7 Å². The van der Waals surface area contributed by atoms with Gasteiger partial charge in [-0.15, -0.1) is 0 Å². The molecule has 6 heteroatoms. The van der Waals surface area contributed by atoms with Gasteiger partial charge in [-0.2, -0.15) is 12.6 Å². The zero-order valence-electron chi connectivity index (χ0n) is 8.24. The van der Waals surface area contributed by atoms with E-state index >= 15 is 0 Å². The van der Waals surface area contributed by atoms with Crippen molar-refractivity contribution in [1.29, 1.82) is 0 Å². The molecule has 0 amide bonds. The first-order chi connectivity index (χ1) is 7.56. The molecule has 0 radical (unpaired) electrons. The van der Waals surface area contributed by atoms with Gasteiger partial charge in [0.2, 0.25) is 0 Å². The molecule has 1 aromatic rings. The number of halogens is 1. The summed E-state index contributed by atoms with van der Waals surface area (Å²) in [6.07, 6.45) is 0.595. The number of nitrogens with zero attached hydrogens (tertiary/aromatic N) is 1. The third-order valence-electron chi connectivity index (χ3n) is 1.77. The summed E-state index contributed by atoms with van der Waals surface area (Å²) in [5.41, 5.74) is 5.72. The number of nitrogens with two attached hydrogens (primary N) is 1. The smallest absolute Gasteiger partial charge is 0.293 e. The first-order valence-electron chi connectivity index (χ1n) is 4.39. The lowest BCUT2D eigenvalue weighted by Crippen LogP contribution is -1.96. The van der Waals surface area contributed by atoms with E-state index in [1.165, 1.54) is 12.1 Å². The molecule has 84 valence electrons. The molecule has 0 aliphatic rings. The minimum Gasteiger partial charge on any atom is -0.393 e. The van der Waals surface area contributed by atoms with Crippen LogP contribution in [0.3, 0.4) is 0 Å². The van der Waals surface area contributed by atoms with Gasteiger partial charge in [0.1, 0.15) is 5.69 Å². The minimum absolute atomic E-state index is 0.0368. The van der Waals surface area contributed by atoms with Crippen LogP contribution in [-0.2, 0) is 0 Å². The van der Waals surface area contributed by atoms with E-state index in [1.807, 2.05) is 0 Å². The molecule has 0 aliphatic carbocycles. The minimum atomic E-state index is -0.560. The lowest BCUT2D eigenvalue weighted by atomic mass is 10.1. The monoisotopic (exact) mass is 256 g/mol. The van der Waals surface area contributed by atoms with Gasteiger partial charge in [0.15, 0.2) is 0 Å². The van der Waals surface area contributed by atoms with Crippen molar-refractivity contribution in [3.8, 4) is 11.8 Å². The SMILES string of the molecule is Nc1cc(Cl)c(C#CCCS)cc1[N+](=O)[O-]. The number of rotatable bonds is 2. The van der Waals surface area contributed by atoms with Crippen molar-refractivity contribution in [1.82, 2.24) is 0 Å². The normalized spacial score (nSPS) is 9.38. The van der Waals surface area contributed by atoms with Crippen molar-refractivity contribution >= 4 is 35.6 Å². The molecule has 4 nitrogen and oxygen atoms in total. The molecule has 0 atom stereocenters. The maximum atomic E-state index is 10.6. The summed E-state index contributed by atoms with van der Waals surface area (Å²) in [5.74, 6) is 6.18. The molecule has 0 aromatic heterocycles. The summed E-state index contributed by atoms with van der Waals surface area (Å²) < 4.78 is 0. The fourth-order valence-electron chi connectivity index (χ4n) is 1.04. The Morgan fingerprint density at radius 1 is 1.56 bits per heavy atom. The third-order valence-corrected chi connectivity index (χ3v) is 2.31. The second-order valence-electron chi connectivity index (χ2n) is 2.92. The first-order valence-corrected chi connectivity index (χ1v) is 5.40. The maximum Gasteiger partial charge on any atom is 0.293 e. The molecule has 0 heterocycles. The lowest BCUT2D eigenvalue weighted by molar-refractivity contribution is -0.383. The zero-order valence-corrected chi connectivity index (χ0v) is 9.89. The number of nitro benzene ring substituents is 1. The summed E-state index contributed by atoms with van der Waals surface area (Å²) in [6.45, 7) is 0. The molecular formula is C10H9ClN2O2S. The fourth-order valence-corrected chi connectivity index (χ4v) is 1.38. The average Bonchev–Trinajstić information content (AvgIpc) is 2.21. The Balaban J connectivity index is 3.16. The van der Waals surface area contributed by atoms with E-state index in [2.05, 4.69) is 24.5 Å². The largest absolute Gasteiger partial charge is 0.393 e. The first kappa shape index (κ1) is 12.7. The van der Waals surface area contributed by atoms with E-state index in [1.54, 1.807) is 0 Å². The highest BCUT2D eigenvalue weighted by Crippen LogP contribution is 2.28. The average molecular weight is 257 g/mol. The van der Waals surface area contributed by atoms with Crippen molar-refractivity contribution in [2.75, 3.05) is 11.5 Å². The van der Waals surface area contributed by atoms with Crippen LogP contribution in [0.5, 0.6) is 0 Å². The molecular weight excluding hydrogens is 248 g/mol. The Bertz CT molecular complexity index is 480. The Morgan fingerprint density at radius 2 is 2.25 bits per heavy atom. The Hall–Kier alpha value is -1.38. The van der Waals surface area contributed by atoms with Gasteiger partial charge in [-0.05, 0) is 6.07 Å². The van der Waals surface area contributed by atoms with Crippen molar-refractivity contribution in [2.45, 2.75) is 6.42 Å². The summed E-state index contributed by atoms with van der Waals surface area (Å²) in [4.78, 5) is 10.1. The molecule has 0 saturated carbocycles. The van der Waals surface area contributed by atoms with Crippen LogP contribution in [0.1, 0.15) is 12.0 Å². The highest BCUT2D eigenvalue weighted by Gasteiger charge is 2.14. The van der Waals surface area contributed by atoms with Gasteiger partial charge in [-0.25, -0.2) is 0 Å². The molecule has 2 N–H and O–H groups in total. The highest BCUT2D eigenvalue weighted by molar-refractivity contribution is 7.80. The van der Waals surface area contributed by atoms with Crippen LogP contribution in [0.15, 0.2) is 12.1 Å². The van der Waals surface area contributed by atoms with E-state index in [4.69, 9.17) is 17.3 Å². The topological polar surface area (TPSA) is 69.2 Å². The van der Waals surface area contributed by atoms with E-state index < -0.39 is 4.92 Å². The number of hydrogen-bond acceptors (Lipinski definition) is 4. The molecule has 0 spiro atoms. The molecule has 16 heavy (non-hydrogen) atoms. The third kappa shape index (κ3) is 3.05. The maximum absolute atomic E-state index is 10.6. The zero-order chi connectivity index (χ0) is 12.1. The van der Waals surface area contributed by atoms with E-state index in [0.29, 0.717) is 22.8 Å². The number of hydrogen-bond donors (Lipinski definition) is 2. The summed E-state index contributed by atoms with van der Waals surface area (Å²) in [5, 5.41) is 11.0. The van der Waals surface area contributed by atoms with E-state index in [9.17, 15) is 10.1 Å². The number of nitrogen functional groups attached to an aromatic ring is 1. The Labute approximate surface area is 103 Å². The fraction of sp³-hybridized carbons (Fsp3) is 0.200. The van der Waals surface area contributed by atoms with Crippen molar-refractivity contribution < 1.29 is 4.92 Å². The molecule has 1 rings (SSSR count).